The average molecular weight is 266 g/mol. The maximum atomic E-state index is 10.8. The van der Waals surface area contributed by atoms with E-state index in [0.29, 0.717) is 0 Å². The van der Waals surface area contributed by atoms with Crippen LogP contribution >= 0.6 is 0 Å². The molecule has 1 aromatic rings. The molecule has 0 spiro atoms. The second kappa shape index (κ2) is 5.44. The van der Waals surface area contributed by atoms with Crippen molar-refractivity contribution in [1.29, 1.82) is 0 Å². The van der Waals surface area contributed by atoms with E-state index in [4.69, 9.17) is 20.3 Å². The minimum atomic E-state index is -1.06. The van der Waals surface area contributed by atoms with Crippen LogP contribution in [0.2, 0.25) is 0 Å². The van der Waals surface area contributed by atoms with Crippen molar-refractivity contribution in [1.82, 2.24) is 4.98 Å². The molecule has 2 rings (SSSR count). The third-order valence-electron chi connectivity index (χ3n) is 3.06. The van der Waals surface area contributed by atoms with Gasteiger partial charge in [-0.05, 0) is 19.9 Å². The summed E-state index contributed by atoms with van der Waals surface area (Å²) in [6.07, 6.45) is 3.05. The number of carboxylic acids is 1. The summed E-state index contributed by atoms with van der Waals surface area (Å²) in [5.74, 6) is -0.768. The summed E-state index contributed by atoms with van der Waals surface area (Å²) < 4.78 is 11.4. The van der Waals surface area contributed by atoms with Gasteiger partial charge in [-0.2, -0.15) is 0 Å². The highest BCUT2D eigenvalue weighted by Crippen LogP contribution is 2.26. The van der Waals surface area contributed by atoms with Crippen LogP contribution < -0.4 is 10.5 Å². The molecule has 0 bridgehead atoms. The number of hydrogen-bond donors (Lipinski definition) is 2. The van der Waals surface area contributed by atoms with Gasteiger partial charge >= 0.3 is 5.97 Å². The smallest absolute Gasteiger partial charge is 0.337 e. The summed E-state index contributed by atoms with van der Waals surface area (Å²) in [6, 6.07) is 1.36. The van der Waals surface area contributed by atoms with Gasteiger partial charge in [0.2, 0.25) is 5.88 Å². The highest BCUT2D eigenvalue weighted by Gasteiger charge is 2.26. The molecule has 2 atom stereocenters. The number of carbonyl (C=O) groups is 1. The van der Waals surface area contributed by atoms with Crippen LogP contribution in [0.3, 0.4) is 0 Å². The van der Waals surface area contributed by atoms with Gasteiger partial charge in [-0.1, -0.05) is 0 Å². The van der Waals surface area contributed by atoms with Crippen molar-refractivity contribution in [3.05, 3.63) is 17.8 Å². The molecule has 2 unspecified atom stereocenters. The number of nitrogens with two attached hydrogens (primary N) is 1. The average Bonchev–Trinajstić information content (AvgIpc) is 2.30. The number of hydrogen-bond acceptors (Lipinski definition) is 5. The lowest BCUT2D eigenvalue weighted by Gasteiger charge is -2.32. The fourth-order valence-corrected chi connectivity index (χ4v) is 2.28. The fourth-order valence-electron chi connectivity index (χ4n) is 2.28. The fraction of sp³-hybridized carbons (Fsp3) is 0.538. The quantitative estimate of drug-likeness (QED) is 0.864. The Kier molecular flexibility index (Phi) is 3.90. The molecule has 2 heterocycles. The minimum absolute atomic E-state index is 0.00997. The number of rotatable bonds is 3. The van der Waals surface area contributed by atoms with Crippen LogP contribution in [-0.4, -0.2) is 34.4 Å². The molecule has 1 aliphatic rings. The summed E-state index contributed by atoms with van der Waals surface area (Å²) in [6.45, 7) is 3.99. The molecule has 0 saturated carbocycles. The molecule has 104 valence electrons. The molecule has 3 N–H and O–H groups in total. The summed E-state index contributed by atoms with van der Waals surface area (Å²) in [5.41, 5.74) is 6.06. The first-order chi connectivity index (χ1) is 8.95. The van der Waals surface area contributed by atoms with Crippen molar-refractivity contribution in [3.8, 4) is 5.88 Å². The standard InChI is InChI=1S/C13H18N2O4/c1-7-3-10(4-8(2)18-7)19-12-11(14)5-9(6-15-12)13(16)17/h5-8,10H,3-4,14H2,1-2H3,(H,16,17). The van der Waals surface area contributed by atoms with Crippen LogP contribution in [-0.2, 0) is 4.74 Å². The Labute approximate surface area is 111 Å². The number of nitrogen functional groups attached to an aromatic ring is 1. The second-order valence-electron chi connectivity index (χ2n) is 4.89. The highest BCUT2D eigenvalue weighted by atomic mass is 16.5. The molecule has 0 aliphatic carbocycles. The molecule has 1 aliphatic heterocycles. The van der Waals surface area contributed by atoms with Gasteiger partial charge in [0.15, 0.2) is 0 Å². The Morgan fingerprint density at radius 2 is 2.11 bits per heavy atom. The van der Waals surface area contributed by atoms with Gasteiger partial charge in [0.05, 0.1) is 23.5 Å². The van der Waals surface area contributed by atoms with Gasteiger partial charge < -0.3 is 20.3 Å². The van der Waals surface area contributed by atoms with Gasteiger partial charge in [0.1, 0.15) is 6.10 Å². The van der Waals surface area contributed by atoms with E-state index >= 15 is 0 Å². The zero-order valence-electron chi connectivity index (χ0n) is 11.0. The maximum absolute atomic E-state index is 10.8. The summed E-state index contributed by atoms with van der Waals surface area (Å²) in [5, 5.41) is 8.84. The predicted octanol–water partition coefficient (Wildman–Crippen LogP) is 1.70. The molecular formula is C13H18N2O4. The third-order valence-corrected chi connectivity index (χ3v) is 3.06. The first-order valence-corrected chi connectivity index (χ1v) is 6.26. The first-order valence-electron chi connectivity index (χ1n) is 6.26. The molecule has 0 amide bonds. The largest absolute Gasteiger partial charge is 0.478 e. The number of ether oxygens (including phenoxy) is 2. The Balaban J connectivity index is 2.08. The number of aromatic nitrogens is 1. The lowest BCUT2D eigenvalue weighted by Crippen LogP contribution is -2.36. The van der Waals surface area contributed by atoms with Gasteiger partial charge in [-0.3, -0.25) is 0 Å². The first kappa shape index (κ1) is 13.6. The number of anilines is 1. The zero-order chi connectivity index (χ0) is 14.0. The van der Waals surface area contributed by atoms with Crippen LogP contribution in [0.25, 0.3) is 0 Å². The van der Waals surface area contributed by atoms with Gasteiger partial charge in [-0.25, -0.2) is 9.78 Å². The highest BCUT2D eigenvalue weighted by molar-refractivity contribution is 5.88. The predicted molar refractivity (Wildman–Crippen MR) is 69.3 cm³/mol. The van der Waals surface area contributed by atoms with Gasteiger partial charge in [0, 0.05) is 19.0 Å². The van der Waals surface area contributed by atoms with E-state index < -0.39 is 5.97 Å². The number of carboxylic acid groups (broad SMARTS) is 1. The van der Waals surface area contributed by atoms with Crippen molar-refractivity contribution in [2.45, 2.75) is 45.0 Å². The monoisotopic (exact) mass is 266 g/mol. The summed E-state index contributed by atoms with van der Waals surface area (Å²) in [4.78, 5) is 14.8. The van der Waals surface area contributed by atoms with E-state index in [-0.39, 0.29) is 35.4 Å². The Bertz CT molecular complexity index is 468. The normalized spacial score (nSPS) is 26.9. The van der Waals surface area contributed by atoms with Crippen LogP contribution in [0.5, 0.6) is 5.88 Å². The summed E-state index contributed by atoms with van der Waals surface area (Å²) >= 11 is 0. The van der Waals surface area contributed by atoms with Gasteiger partial charge in [0.25, 0.3) is 0 Å². The molecule has 6 heteroatoms. The third kappa shape index (κ3) is 3.35. The second-order valence-corrected chi connectivity index (χ2v) is 4.89. The Hall–Kier alpha value is -1.82. The molecule has 1 fully saturated rings. The SMILES string of the molecule is CC1CC(Oc2ncc(C(=O)O)cc2N)CC(C)O1. The molecule has 0 radical (unpaired) electrons. The maximum Gasteiger partial charge on any atom is 0.337 e. The van der Waals surface area contributed by atoms with E-state index in [9.17, 15) is 4.79 Å². The summed E-state index contributed by atoms with van der Waals surface area (Å²) in [7, 11) is 0. The molecule has 6 nitrogen and oxygen atoms in total. The molecule has 0 aromatic carbocycles. The minimum Gasteiger partial charge on any atom is -0.478 e. The topological polar surface area (TPSA) is 94.7 Å². The van der Waals surface area contributed by atoms with Crippen molar-refractivity contribution in [2.24, 2.45) is 0 Å². The van der Waals surface area contributed by atoms with Crippen LogP contribution in [0, 0.1) is 0 Å². The Morgan fingerprint density at radius 3 is 2.63 bits per heavy atom. The lowest BCUT2D eigenvalue weighted by atomic mass is 10.0. The van der Waals surface area contributed by atoms with Crippen LogP contribution in [0.4, 0.5) is 5.69 Å². The molecule has 19 heavy (non-hydrogen) atoms. The Morgan fingerprint density at radius 1 is 1.47 bits per heavy atom. The molecular weight excluding hydrogens is 248 g/mol. The van der Waals surface area contributed by atoms with Crippen molar-refractivity contribution < 1.29 is 19.4 Å². The van der Waals surface area contributed by atoms with E-state index in [1.165, 1.54) is 12.3 Å². The number of aromatic carboxylic acids is 1. The lowest BCUT2D eigenvalue weighted by molar-refractivity contribution is -0.0728. The van der Waals surface area contributed by atoms with Crippen LogP contribution in [0.1, 0.15) is 37.0 Å². The van der Waals surface area contributed by atoms with E-state index in [2.05, 4.69) is 4.98 Å². The molecule has 1 saturated heterocycles. The van der Waals surface area contributed by atoms with Gasteiger partial charge in [-0.15, -0.1) is 0 Å². The van der Waals surface area contributed by atoms with Crippen molar-refractivity contribution in [2.75, 3.05) is 5.73 Å². The zero-order valence-corrected chi connectivity index (χ0v) is 11.0. The van der Waals surface area contributed by atoms with E-state index in [1.54, 1.807) is 0 Å². The van der Waals surface area contributed by atoms with E-state index in [0.717, 1.165) is 12.8 Å². The number of nitrogens with zero attached hydrogens (tertiary/aromatic N) is 1. The van der Waals surface area contributed by atoms with Crippen molar-refractivity contribution in [3.63, 3.8) is 0 Å². The number of pyridine rings is 1. The van der Waals surface area contributed by atoms with E-state index in [1.807, 2.05) is 13.8 Å². The molecule has 1 aromatic heterocycles. The van der Waals surface area contributed by atoms with Crippen molar-refractivity contribution >= 4 is 11.7 Å². The van der Waals surface area contributed by atoms with Crippen LogP contribution in [0.15, 0.2) is 12.3 Å².